The van der Waals surface area contributed by atoms with Crippen molar-refractivity contribution in [2.24, 2.45) is 11.8 Å². The summed E-state index contributed by atoms with van der Waals surface area (Å²) in [6.07, 6.45) is 2.82. The van der Waals surface area contributed by atoms with Crippen LogP contribution in [0, 0.1) is 11.8 Å². The molecule has 5 nitrogen and oxygen atoms in total. The Morgan fingerprint density at radius 2 is 1.67 bits per heavy atom. The van der Waals surface area contributed by atoms with E-state index in [-0.39, 0.29) is 23.7 Å². The van der Waals surface area contributed by atoms with Crippen LogP contribution in [0.5, 0.6) is 5.75 Å². The van der Waals surface area contributed by atoms with Crippen LogP contribution >= 0.6 is 0 Å². The quantitative estimate of drug-likeness (QED) is 0.854. The van der Waals surface area contributed by atoms with Gasteiger partial charge in [0.05, 0.1) is 11.8 Å². The summed E-state index contributed by atoms with van der Waals surface area (Å²) in [6, 6.07) is 17.3. The van der Waals surface area contributed by atoms with Crippen molar-refractivity contribution in [3.63, 3.8) is 0 Å². The highest BCUT2D eigenvalue weighted by atomic mass is 16.5. The third-order valence-corrected chi connectivity index (χ3v) is 5.23. The van der Waals surface area contributed by atoms with Gasteiger partial charge in [-0.1, -0.05) is 30.3 Å². The lowest BCUT2D eigenvalue weighted by molar-refractivity contribution is -0.133. The molecule has 2 amide bonds. The lowest BCUT2D eigenvalue weighted by atomic mass is 10.2. The average Bonchev–Trinajstić information content (AvgIpc) is 3.32. The Morgan fingerprint density at radius 1 is 0.963 bits per heavy atom. The largest absolute Gasteiger partial charge is 0.489 e. The number of nitrogens with zero attached hydrogens (tertiary/aromatic N) is 1. The smallest absolute Gasteiger partial charge is 0.228 e. The molecule has 0 bridgehead atoms. The molecule has 1 saturated heterocycles. The molecule has 2 unspecified atom stereocenters. The van der Waals surface area contributed by atoms with E-state index in [0.717, 1.165) is 42.9 Å². The first-order valence-corrected chi connectivity index (χ1v) is 9.57. The molecule has 2 fully saturated rings. The van der Waals surface area contributed by atoms with Gasteiger partial charge in [-0.05, 0) is 49.1 Å². The standard InChI is InChI=1S/C22H24N2O3/c25-21(19-14-20(19)22(26)24-12-4-5-13-24)23-17-8-10-18(11-9-17)27-15-16-6-2-1-3-7-16/h1-3,6-11,19-20H,4-5,12-15H2,(H,23,25). The average molecular weight is 364 g/mol. The number of likely N-dealkylation sites (tertiary alicyclic amines) is 1. The number of amides is 2. The van der Waals surface area contributed by atoms with Crippen LogP contribution in [0.15, 0.2) is 54.6 Å². The van der Waals surface area contributed by atoms with Crippen molar-refractivity contribution in [1.29, 1.82) is 0 Å². The number of anilines is 1. The van der Waals surface area contributed by atoms with Crippen LogP contribution in [0.4, 0.5) is 5.69 Å². The Hall–Kier alpha value is -2.82. The molecule has 140 valence electrons. The van der Waals surface area contributed by atoms with E-state index in [4.69, 9.17) is 4.74 Å². The van der Waals surface area contributed by atoms with Crippen molar-refractivity contribution in [2.45, 2.75) is 25.9 Å². The van der Waals surface area contributed by atoms with Gasteiger partial charge >= 0.3 is 0 Å². The van der Waals surface area contributed by atoms with Crippen molar-refractivity contribution < 1.29 is 14.3 Å². The predicted molar refractivity (Wildman–Crippen MR) is 103 cm³/mol. The second-order valence-corrected chi connectivity index (χ2v) is 7.27. The zero-order valence-corrected chi connectivity index (χ0v) is 15.3. The van der Waals surface area contributed by atoms with Crippen LogP contribution in [0.2, 0.25) is 0 Å². The Balaban J connectivity index is 1.26. The molecule has 2 atom stereocenters. The molecule has 27 heavy (non-hydrogen) atoms. The number of ether oxygens (including phenoxy) is 1. The number of nitrogens with one attached hydrogen (secondary N) is 1. The molecule has 1 aliphatic heterocycles. The van der Waals surface area contributed by atoms with E-state index in [1.54, 1.807) is 0 Å². The third-order valence-electron chi connectivity index (χ3n) is 5.23. The topological polar surface area (TPSA) is 58.6 Å². The number of rotatable bonds is 6. The Bertz CT molecular complexity index is 798. The fourth-order valence-electron chi connectivity index (χ4n) is 3.54. The summed E-state index contributed by atoms with van der Waals surface area (Å²) in [5.41, 5.74) is 1.84. The van der Waals surface area contributed by atoms with Gasteiger partial charge in [-0.15, -0.1) is 0 Å². The van der Waals surface area contributed by atoms with Crippen LogP contribution in [0.25, 0.3) is 0 Å². The first-order valence-electron chi connectivity index (χ1n) is 9.57. The van der Waals surface area contributed by atoms with Crippen LogP contribution in [0.1, 0.15) is 24.8 Å². The minimum atomic E-state index is -0.188. The highest BCUT2D eigenvalue weighted by molar-refractivity contribution is 5.99. The molecule has 1 saturated carbocycles. The summed E-state index contributed by atoms with van der Waals surface area (Å²) in [7, 11) is 0. The van der Waals surface area contributed by atoms with Crippen molar-refractivity contribution in [1.82, 2.24) is 4.90 Å². The maximum atomic E-state index is 12.4. The molecule has 2 aliphatic rings. The number of hydrogen-bond donors (Lipinski definition) is 1. The Labute approximate surface area is 159 Å². The lowest BCUT2D eigenvalue weighted by Gasteiger charge is -2.14. The van der Waals surface area contributed by atoms with Crippen molar-refractivity contribution >= 4 is 17.5 Å². The van der Waals surface area contributed by atoms with E-state index in [0.29, 0.717) is 13.0 Å². The van der Waals surface area contributed by atoms with Gasteiger partial charge in [0.15, 0.2) is 0 Å². The molecule has 5 heteroatoms. The summed E-state index contributed by atoms with van der Waals surface area (Å²) < 4.78 is 5.75. The van der Waals surface area contributed by atoms with E-state index >= 15 is 0 Å². The monoisotopic (exact) mass is 364 g/mol. The molecule has 1 N–H and O–H groups in total. The number of benzene rings is 2. The highest BCUT2D eigenvalue weighted by Gasteiger charge is 2.49. The summed E-state index contributed by atoms with van der Waals surface area (Å²) in [6.45, 7) is 2.19. The molecular weight excluding hydrogens is 340 g/mol. The van der Waals surface area contributed by atoms with Crippen molar-refractivity contribution in [3.05, 3.63) is 60.2 Å². The fourth-order valence-corrected chi connectivity index (χ4v) is 3.54. The van der Waals surface area contributed by atoms with Gasteiger partial charge in [0.25, 0.3) is 0 Å². The normalized spacial score (nSPS) is 21.0. The van der Waals surface area contributed by atoms with Gasteiger partial charge in [0.2, 0.25) is 11.8 Å². The molecule has 0 aromatic heterocycles. The fraction of sp³-hybridized carbons (Fsp3) is 0.364. The van der Waals surface area contributed by atoms with E-state index in [1.165, 1.54) is 0 Å². The first-order chi connectivity index (χ1) is 13.2. The van der Waals surface area contributed by atoms with Crippen LogP contribution < -0.4 is 10.1 Å². The van der Waals surface area contributed by atoms with Gasteiger partial charge in [0, 0.05) is 18.8 Å². The maximum absolute atomic E-state index is 12.4. The first kappa shape index (κ1) is 17.6. The zero-order valence-electron chi connectivity index (χ0n) is 15.3. The van der Waals surface area contributed by atoms with E-state index < -0.39 is 0 Å². The van der Waals surface area contributed by atoms with Crippen molar-refractivity contribution in [2.75, 3.05) is 18.4 Å². The molecule has 2 aromatic carbocycles. The van der Waals surface area contributed by atoms with Crippen LogP contribution in [0.3, 0.4) is 0 Å². The lowest BCUT2D eigenvalue weighted by Crippen LogP contribution is -2.30. The van der Waals surface area contributed by atoms with Crippen LogP contribution in [-0.4, -0.2) is 29.8 Å². The second kappa shape index (κ2) is 7.82. The van der Waals surface area contributed by atoms with Gasteiger partial charge in [0.1, 0.15) is 12.4 Å². The SMILES string of the molecule is O=C(Nc1ccc(OCc2ccccc2)cc1)C1CC1C(=O)N1CCCC1. The molecule has 2 aromatic rings. The highest BCUT2D eigenvalue weighted by Crippen LogP contribution is 2.41. The summed E-state index contributed by atoms with van der Waals surface area (Å²) in [4.78, 5) is 26.6. The minimum absolute atomic E-state index is 0.0644. The second-order valence-electron chi connectivity index (χ2n) is 7.27. The van der Waals surface area contributed by atoms with Gasteiger partial charge in [-0.3, -0.25) is 9.59 Å². The van der Waals surface area contributed by atoms with E-state index in [2.05, 4.69) is 5.32 Å². The van der Waals surface area contributed by atoms with Gasteiger partial charge in [-0.25, -0.2) is 0 Å². The third kappa shape index (κ3) is 4.30. The summed E-state index contributed by atoms with van der Waals surface area (Å²) >= 11 is 0. The van der Waals surface area contributed by atoms with Gasteiger partial charge in [-0.2, -0.15) is 0 Å². The maximum Gasteiger partial charge on any atom is 0.228 e. The Kier molecular flexibility index (Phi) is 5.10. The summed E-state index contributed by atoms with van der Waals surface area (Å²) in [5.74, 6) is 0.525. The summed E-state index contributed by atoms with van der Waals surface area (Å²) in [5, 5.41) is 2.92. The van der Waals surface area contributed by atoms with E-state index in [1.807, 2.05) is 59.5 Å². The number of carbonyl (C=O) groups excluding carboxylic acids is 2. The van der Waals surface area contributed by atoms with Gasteiger partial charge < -0.3 is 15.0 Å². The van der Waals surface area contributed by atoms with E-state index in [9.17, 15) is 9.59 Å². The molecule has 0 radical (unpaired) electrons. The predicted octanol–water partition coefficient (Wildman–Crippen LogP) is 3.46. The van der Waals surface area contributed by atoms with Crippen molar-refractivity contribution in [3.8, 4) is 5.75 Å². The molecular formula is C22H24N2O3. The molecule has 0 spiro atoms. The number of hydrogen-bond acceptors (Lipinski definition) is 3. The molecule has 1 heterocycles. The molecule has 4 rings (SSSR count). The zero-order chi connectivity index (χ0) is 18.6. The Morgan fingerprint density at radius 3 is 2.37 bits per heavy atom. The minimum Gasteiger partial charge on any atom is -0.489 e. The number of carbonyl (C=O) groups is 2. The van der Waals surface area contributed by atoms with Crippen LogP contribution in [-0.2, 0) is 16.2 Å². The molecule has 1 aliphatic carbocycles.